The van der Waals surface area contributed by atoms with Gasteiger partial charge < -0.3 is 20.5 Å². The molecule has 0 unspecified atom stereocenters. The van der Waals surface area contributed by atoms with Crippen LogP contribution in [0.15, 0.2) is 24.3 Å². The monoisotopic (exact) mass is 349 g/mol. The average Bonchev–Trinajstić information content (AvgIpc) is 2.59. The maximum Gasteiger partial charge on any atom is 0.237 e. The Balaban J connectivity index is 1.77. The molecule has 1 aliphatic rings. The van der Waals surface area contributed by atoms with Gasteiger partial charge in [0.1, 0.15) is 12.4 Å². The Bertz CT molecular complexity index is 551. The normalized spacial score (nSPS) is 17.1. The van der Waals surface area contributed by atoms with Crippen LogP contribution in [0.3, 0.4) is 0 Å². The van der Waals surface area contributed by atoms with Gasteiger partial charge in [-0.05, 0) is 23.1 Å². The third kappa shape index (κ3) is 6.65. The van der Waals surface area contributed by atoms with Crippen LogP contribution in [0.25, 0.3) is 0 Å². The lowest BCUT2D eigenvalue weighted by atomic mass is 9.87. The molecule has 25 heavy (non-hydrogen) atoms. The molecule has 6 nitrogen and oxygen atoms in total. The van der Waals surface area contributed by atoms with E-state index in [2.05, 4.69) is 10.2 Å². The number of nitrogens with two attached hydrogens (primary N) is 1. The average molecular weight is 349 g/mol. The summed E-state index contributed by atoms with van der Waals surface area (Å²) in [5.41, 5.74) is 6.72. The van der Waals surface area contributed by atoms with Crippen LogP contribution in [0.4, 0.5) is 0 Å². The molecular formula is C19H31N3O3. The molecular weight excluding hydrogens is 318 g/mol. The molecule has 0 aliphatic carbocycles. The third-order valence-corrected chi connectivity index (χ3v) is 4.36. The van der Waals surface area contributed by atoms with Gasteiger partial charge in [-0.3, -0.25) is 9.69 Å². The molecule has 0 bridgehead atoms. The lowest BCUT2D eigenvalue weighted by Crippen LogP contribution is -2.48. The Morgan fingerprint density at radius 3 is 2.76 bits per heavy atom. The van der Waals surface area contributed by atoms with Crippen LogP contribution in [0.5, 0.6) is 5.75 Å². The van der Waals surface area contributed by atoms with E-state index in [1.165, 1.54) is 0 Å². The van der Waals surface area contributed by atoms with Crippen molar-refractivity contribution in [3.8, 4) is 5.75 Å². The van der Waals surface area contributed by atoms with E-state index in [1.54, 1.807) is 0 Å². The first-order valence-electron chi connectivity index (χ1n) is 8.91. The first-order chi connectivity index (χ1) is 11.9. The Morgan fingerprint density at radius 1 is 1.36 bits per heavy atom. The minimum atomic E-state index is -0.527. The van der Waals surface area contributed by atoms with E-state index >= 15 is 0 Å². The number of ether oxygens (including phenoxy) is 2. The highest BCUT2D eigenvalue weighted by Gasteiger charge is 2.27. The van der Waals surface area contributed by atoms with Crippen molar-refractivity contribution in [3.63, 3.8) is 0 Å². The SMILES string of the molecule is CC(C)(C)[C@H](N)C(=O)NCc1cccc(OCCN2CCOCC2)c1. The van der Waals surface area contributed by atoms with Gasteiger partial charge in [0.05, 0.1) is 19.3 Å². The van der Waals surface area contributed by atoms with Gasteiger partial charge >= 0.3 is 0 Å². The molecule has 1 saturated heterocycles. The summed E-state index contributed by atoms with van der Waals surface area (Å²) in [7, 11) is 0. The minimum absolute atomic E-state index is 0.133. The zero-order chi connectivity index (χ0) is 18.3. The van der Waals surface area contributed by atoms with Crippen LogP contribution >= 0.6 is 0 Å². The van der Waals surface area contributed by atoms with Crippen molar-refractivity contribution in [3.05, 3.63) is 29.8 Å². The van der Waals surface area contributed by atoms with Crippen LogP contribution in [-0.4, -0.2) is 56.3 Å². The van der Waals surface area contributed by atoms with E-state index in [0.717, 1.165) is 44.2 Å². The molecule has 1 aromatic carbocycles. The minimum Gasteiger partial charge on any atom is -0.492 e. The standard InChI is InChI=1S/C19H31N3O3/c1-19(2,3)17(20)18(23)21-14-15-5-4-6-16(13-15)25-12-9-22-7-10-24-11-8-22/h4-6,13,17H,7-12,14,20H2,1-3H3,(H,21,23)/t17-/m1/s1. The molecule has 1 atom stereocenters. The highest BCUT2D eigenvalue weighted by Crippen LogP contribution is 2.18. The van der Waals surface area contributed by atoms with E-state index in [0.29, 0.717) is 13.2 Å². The number of hydrogen-bond donors (Lipinski definition) is 2. The van der Waals surface area contributed by atoms with Gasteiger partial charge in [0, 0.05) is 26.2 Å². The molecule has 140 valence electrons. The zero-order valence-corrected chi connectivity index (χ0v) is 15.6. The van der Waals surface area contributed by atoms with Gasteiger partial charge in [0.25, 0.3) is 0 Å². The Labute approximate surface area is 150 Å². The highest BCUT2D eigenvalue weighted by molar-refractivity contribution is 5.82. The number of rotatable bonds is 7. The molecule has 1 amide bonds. The first-order valence-corrected chi connectivity index (χ1v) is 8.91. The van der Waals surface area contributed by atoms with Gasteiger partial charge in [-0.2, -0.15) is 0 Å². The van der Waals surface area contributed by atoms with E-state index in [4.69, 9.17) is 15.2 Å². The summed E-state index contributed by atoms with van der Waals surface area (Å²) in [4.78, 5) is 14.4. The second-order valence-electron chi connectivity index (χ2n) is 7.51. The number of benzene rings is 1. The van der Waals surface area contributed by atoms with Crippen molar-refractivity contribution in [2.24, 2.45) is 11.1 Å². The highest BCUT2D eigenvalue weighted by atomic mass is 16.5. The molecule has 1 aliphatic heterocycles. The van der Waals surface area contributed by atoms with Crippen molar-refractivity contribution >= 4 is 5.91 Å². The Morgan fingerprint density at radius 2 is 2.08 bits per heavy atom. The van der Waals surface area contributed by atoms with E-state index in [1.807, 2.05) is 45.0 Å². The summed E-state index contributed by atoms with van der Waals surface area (Å²) in [5.74, 6) is 0.686. The molecule has 1 heterocycles. The Hall–Kier alpha value is -1.63. The van der Waals surface area contributed by atoms with Crippen molar-refractivity contribution in [1.29, 1.82) is 0 Å². The predicted octanol–water partition coefficient (Wildman–Crippen LogP) is 1.39. The van der Waals surface area contributed by atoms with Crippen LogP contribution < -0.4 is 15.8 Å². The maximum atomic E-state index is 12.1. The van der Waals surface area contributed by atoms with E-state index in [9.17, 15) is 4.79 Å². The van der Waals surface area contributed by atoms with Crippen LogP contribution in [-0.2, 0) is 16.1 Å². The number of carbonyl (C=O) groups is 1. The molecule has 0 spiro atoms. The zero-order valence-electron chi connectivity index (χ0n) is 15.6. The molecule has 0 aromatic heterocycles. The summed E-state index contributed by atoms with van der Waals surface area (Å²) < 4.78 is 11.2. The second kappa shape index (κ2) is 9.17. The summed E-state index contributed by atoms with van der Waals surface area (Å²) >= 11 is 0. The molecule has 6 heteroatoms. The van der Waals surface area contributed by atoms with E-state index in [-0.39, 0.29) is 11.3 Å². The van der Waals surface area contributed by atoms with Gasteiger partial charge in [-0.15, -0.1) is 0 Å². The molecule has 3 N–H and O–H groups in total. The van der Waals surface area contributed by atoms with Crippen molar-refractivity contribution in [2.45, 2.75) is 33.4 Å². The van der Waals surface area contributed by atoms with Crippen molar-refractivity contribution in [2.75, 3.05) is 39.5 Å². The van der Waals surface area contributed by atoms with Gasteiger partial charge in [-0.1, -0.05) is 32.9 Å². The topological polar surface area (TPSA) is 76.8 Å². The molecule has 1 fully saturated rings. The predicted molar refractivity (Wildman–Crippen MR) is 98.5 cm³/mol. The maximum absolute atomic E-state index is 12.1. The largest absolute Gasteiger partial charge is 0.492 e. The van der Waals surface area contributed by atoms with E-state index < -0.39 is 6.04 Å². The van der Waals surface area contributed by atoms with Crippen molar-refractivity contribution in [1.82, 2.24) is 10.2 Å². The fourth-order valence-corrected chi connectivity index (χ4v) is 2.56. The number of amides is 1. The fraction of sp³-hybridized carbons (Fsp3) is 0.632. The van der Waals surface area contributed by atoms with Crippen LogP contribution in [0, 0.1) is 5.41 Å². The van der Waals surface area contributed by atoms with Crippen LogP contribution in [0.2, 0.25) is 0 Å². The number of carbonyl (C=O) groups excluding carboxylic acids is 1. The quantitative estimate of drug-likeness (QED) is 0.778. The number of morpholine rings is 1. The molecule has 1 aromatic rings. The number of hydrogen-bond acceptors (Lipinski definition) is 5. The Kier molecular flexibility index (Phi) is 7.23. The summed E-state index contributed by atoms with van der Waals surface area (Å²) in [6.45, 7) is 11.4. The summed E-state index contributed by atoms with van der Waals surface area (Å²) in [5, 5.41) is 2.90. The van der Waals surface area contributed by atoms with Crippen LogP contribution in [0.1, 0.15) is 26.3 Å². The molecule has 0 radical (unpaired) electrons. The molecule has 2 rings (SSSR count). The number of nitrogens with zero attached hydrogens (tertiary/aromatic N) is 1. The lowest BCUT2D eigenvalue weighted by Gasteiger charge is -2.26. The van der Waals surface area contributed by atoms with Gasteiger partial charge in [-0.25, -0.2) is 0 Å². The summed E-state index contributed by atoms with van der Waals surface area (Å²) in [6, 6.07) is 7.28. The third-order valence-electron chi connectivity index (χ3n) is 4.36. The smallest absolute Gasteiger partial charge is 0.237 e. The fourth-order valence-electron chi connectivity index (χ4n) is 2.56. The summed E-state index contributed by atoms with van der Waals surface area (Å²) in [6.07, 6.45) is 0. The van der Waals surface area contributed by atoms with Gasteiger partial charge in [0.2, 0.25) is 5.91 Å². The second-order valence-corrected chi connectivity index (χ2v) is 7.51. The lowest BCUT2D eigenvalue weighted by molar-refractivity contribution is -0.124. The number of nitrogens with one attached hydrogen (secondary N) is 1. The van der Waals surface area contributed by atoms with Gasteiger partial charge in [0.15, 0.2) is 0 Å². The van der Waals surface area contributed by atoms with Crippen molar-refractivity contribution < 1.29 is 14.3 Å². The molecule has 0 saturated carbocycles. The first kappa shape index (κ1) is 19.7.